The maximum atomic E-state index is 13.5. The molecule has 0 aromatic heterocycles. The van der Waals surface area contributed by atoms with E-state index in [2.05, 4.69) is 0 Å². The first-order valence-corrected chi connectivity index (χ1v) is 4.81. The summed E-state index contributed by atoms with van der Waals surface area (Å²) in [4.78, 5) is 0. The van der Waals surface area contributed by atoms with E-state index in [0.29, 0.717) is 11.3 Å². The highest BCUT2D eigenvalue weighted by molar-refractivity contribution is 5.66. The molecule has 2 rings (SSSR count). The van der Waals surface area contributed by atoms with E-state index in [1.54, 1.807) is 24.3 Å². The molecular formula is C13H10F2O. The van der Waals surface area contributed by atoms with Gasteiger partial charge in [-0.15, -0.1) is 0 Å². The standard InChI is InChI=1S/C13H10F2O/c1-16-10-5-2-4-9(8-10)13-11(14)6-3-7-12(13)15/h2-8H,1H3. The number of hydrogen-bond acceptors (Lipinski definition) is 1. The van der Waals surface area contributed by atoms with Crippen LogP contribution in [0, 0.1) is 11.6 Å². The monoisotopic (exact) mass is 220 g/mol. The van der Waals surface area contributed by atoms with Gasteiger partial charge in [-0.1, -0.05) is 18.2 Å². The van der Waals surface area contributed by atoms with Gasteiger partial charge in [-0.05, 0) is 29.8 Å². The van der Waals surface area contributed by atoms with Crippen molar-refractivity contribution in [2.24, 2.45) is 0 Å². The third kappa shape index (κ3) is 1.89. The second kappa shape index (κ2) is 4.31. The molecule has 1 nitrogen and oxygen atoms in total. The van der Waals surface area contributed by atoms with E-state index in [0.717, 1.165) is 0 Å². The molecule has 3 heteroatoms. The lowest BCUT2D eigenvalue weighted by Gasteiger charge is -2.06. The molecule has 0 spiro atoms. The summed E-state index contributed by atoms with van der Waals surface area (Å²) in [7, 11) is 1.51. The van der Waals surface area contributed by atoms with Gasteiger partial charge >= 0.3 is 0 Å². The van der Waals surface area contributed by atoms with E-state index in [1.165, 1.54) is 25.3 Å². The average molecular weight is 220 g/mol. The number of methoxy groups -OCH3 is 1. The van der Waals surface area contributed by atoms with Crippen LogP contribution in [0.15, 0.2) is 42.5 Å². The molecule has 0 heterocycles. The van der Waals surface area contributed by atoms with Gasteiger partial charge in [-0.2, -0.15) is 0 Å². The molecule has 0 saturated carbocycles. The molecule has 0 unspecified atom stereocenters. The number of halogens is 2. The molecule has 0 atom stereocenters. The van der Waals surface area contributed by atoms with E-state index in [4.69, 9.17) is 4.74 Å². The van der Waals surface area contributed by atoms with Crippen LogP contribution in [0.3, 0.4) is 0 Å². The molecule has 16 heavy (non-hydrogen) atoms. The molecule has 0 fully saturated rings. The van der Waals surface area contributed by atoms with E-state index in [-0.39, 0.29) is 5.56 Å². The number of rotatable bonds is 2. The van der Waals surface area contributed by atoms with E-state index in [1.807, 2.05) is 0 Å². The summed E-state index contributed by atoms with van der Waals surface area (Å²) in [6.07, 6.45) is 0. The highest BCUT2D eigenvalue weighted by Crippen LogP contribution is 2.28. The number of ether oxygens (including phenoxy) is 1. The van der Waals surface area contributed by atoms with Gasteiger partial charge in [-0.25, -0.2) is 8.78 Å². The minimum atomic E-state index is -0.576. The zero-order valence-corrected chi connectivity index (χ0v) is 8.71. The van der Waals surface area contributed by atoms with Gasteiger partial charge in [-0.3, -0.25) is 0 Å². The van der Waals surface area contributed by atoms with E-state index in [9.17, 15) is 8.78 Å². The van der Waals surface area contributed by atoms with Gasteiger partial charge < -0.3 is 4.74 Å². The molecule has 2 aromatic rings. The zero-order valence-electron chi connectivity index (χ0n) is 8.71. The fourth-order valence-electron chi connectivity index (χ4n) is 1.55. The van der Waals surface area contributed by atoms with Crippen LogP contribution >= 0.6 is 0 Å². The van der Waals surface area contributed by atoms with Crippen molar-refractivity contribution >= 4 is 0 Å². The first-order valence-electron chi connectivity index (χ1n) is 4.81. The van der Waals surface area contributed by atoms with Crippen LogP contribution in [-0.4, -0.2) is 7.11 Å². The molecule has 0 amide bonds. The molecule has 2 aromatic carbocycles. The molecule has 0 radical (unpaired) electrons. The van der Waals surface area contributed by atoms with Crippen LogP contribution in [-0.2, 0) is 0 Å². The summed E-state index contributed by atoms with van der Waals surface area (Å²) >= 11 is 0. The van der Waals surface area contributed by atoms with Gasteiger partial charge in [0, 0.05) is 0 Å². The molecule has 0 N–H and O–H groups in total. The van der Waals surface area contributed by atoms with Crippen molar-refractivity contribution in [1.82, 2.24) is 0 Å². The molecule has 0 aliphatic carbocycles. The van der Waals surface area contributed by atoms with Crippen LogP contribution in [0.5, 0.6) is 5.75 Å². The Kier molecular flexibility index (Phi) is 2.86. The third-order valence-electron chi connectivity index (χ3n) is 2.32. The van der Waals surface area contributed by atoms with Gasteiger partial charge in [0.15, 0.2) is 0 Å². The van der Waals surface area contributed by atoms with Gasteiger partial charge in [0.2, 0.25) is 0 Å². The first kappa shape index (κ1) is 10.6. The van der Waals surface area contributed by atoms with Crippen molar-refractivity contribution in [1.29, 1.82) is 0 Å². The molecule has 0 aliphatic rings. The lowest BCUT2D eigenvalue weighted by Crippen LogP contribution is -1.90. The predicted octanol–water partition coefficient (Wildman–Crippen LogP) is 3.64. The zero-order chi connectivity index (χ0) is 11.5. The summed E-state index contributed by atoms with van der Waals surface area (Å²) in [6, 6.07) is 10.5. The SMILES string of the molecule is COc1cccc(-c2c(F)cccc2F)c1. The Bertz CT molecular complexity index is 489. The minimum absolute atomic E-state index is 0.0265. The van der Waals surface area contributed by atoms with Gasteiger partial charge in [0.05, 0.1) is 12.7 Å². The molecule has 0 bridgehead atoms. The summed E-state index contributed by atoms with van der Waals surface area (Å²) in [5, 5.41) is 0. The largest absolute Gasteiger partial charge is 0.497 e. The van der Waals surface area contributed by atoms with Crippen LogP contribution in [0.1, 0.15) is 0 Å². The molecule has 82 valence electrons. The maximum Gasteiger partial charge on any atom is 0.133 e. The van der Waals surface area contributed by atoms with Crippen molar-refractivity contribution in [2.45, 2.75) is 0 Å². The predicted molar refractivity (Wildman–Crippen MR) is 58.3 cm³/mol. The Hall–Kier alpha value is -1.90. The smallest absolute Gasteiger partial charge is 0.133 e. The third-order valence-corrected chi connectivity index (χ3v) is 2.32. The van der Waals surface area contributed by atoms with Crippen LogP contribution in [0.25, 0.3) is 11.1 Å². The number of hydrogen-bond donors (Lipinski definition) is 0. The minimum Gasteiger partial charge on any atom is -0.497 e. The Labute approximate surface area is 92.3 Å². The second-order valence-corrected chi connectivity index (χ2v) is 3.33. The highest BCUT2D eigenvalue weighted by atomic mass is 19.1. The van der Waals surface area contributed by atoms with Crippen molar-refractivity contribution in [2.75, 3.05) is 7.11 Å². The fraction of sp³-hybridized carbons (Fsp3) is 0.0769. The van der Waals surface area contributed by atoms with E-state index >= 15 is 0 Å². The topological polar surface area (TPSA) is 9.23 Å². The second-order valence-electron chi connectivity index (χ2n) is 3.33. The quantitative estimate of drug-likeness (QED) is 0.750. The van der Waals surface area contributed by atoms with Gasteiger partial charge in [0.1, 0.15) is 17.4 Å². The summed E-state index contributed by atoms with van der Waals surface area (Å²) in [5.41, 5.74) is 0.441. The van der Waals surface area contributed by atoms with Crippen LogP contribution < -0.4 is 4.74 Å². The number of benzene rings is 2. The van der Waals surface area contributed by atoms with Crippen molar-refractivity contribution in [3.05, 3.63) is 54.1 Å². The molecule has 0 saturated heterocycles. The highest BCUT2D eigenvalue weighted by Gasteiger charge is 2.10. The Morgan fingerprint density at radius 2 is 1.56 bits per heavy atom. The normalized spacial score (nSPS) is 10.2. The molecule has 0 aliphatic heterocycles. The average Bonchev–Trinajstić information content (AvgIpc) is 2.29. The Morgan fingerprint density at radius 1 is 0.938 bits per heavy atom. The lowest BCUT2D eigenvalue weighted by molar-refractivity contribution is 0.415. The summed E-state index contributed by atoms with van der Waals surface area (Å²) in [6.45, 7) is 0. The van der Waals surface area contributed by atoms with Crippen LogP contribution in [0.4, 0.5) is 8.78 Å². The van der Waals surface area contributed by atoms with Crippen LogP contribution in [0.2, 0.25) is 0 Å². The maximum absolute atomic E-state index is 13.5. The molecular weight excluding hydrogens is 210 g/mol. The van der Waals surface area contributed by atoms with Crippen molar-refractivity contribution < 1.29 is 13.5 Å². The van der Waals surface area contributed by atoms with Gasteiger partial charge in [0.25, 0.3) is 0 Å². The Balaban J connectivity index is 2.58. The van der Waals surface area contributed by atoms with Crippen molar-refractivity contribution in [3.8, 4) is 16.9 Å². The summed E-state index contributed by atoms with van der Waals surface area (Å²) < 4.78 is 32.0. The van der Waals surface area contributed by atoms with Crippen molar-refractivity contribution in [3.63, 3.8) is 0 Å². The fourth-order valence-corrected chi connectivity index (χ4v) is 1.55. The first-order chi connectivity index (χ1) is 7.72. The summed E-state index contributed by atoms with van der Waals surface area (Å²) in [5.74, 6) is -0.582. The van der Waals surface area contributed by atoms with E-state index < -0.39 is 11.6 Å². The Morgan fingerprint density at radius 3 is 2.19 bits per heavy atom. The lowest BCUT2D eigenvalue weighted by atomic mass is 10.0.